The summed E-state index contributed by atoms with van der Waals surface area (Å²) in [7, 11) is 1.64. The van der Waals surface area contributed by atoms with E-state index in [-0.39, 0.29) is 12.5 Å². The third-order valence-corrected chi connectivity index (χ3v) is 4.69. The lowest BCUT2D eigenvalue weighted by Crippen LogP contribution is -2.39. The van der Waals surface area contributed by atoms with Gasteiger partial charge in [-0.25, -0.2) is 0 Å². The van der Waals surface area contributed by atoms with Crippen LogP contribution < -0.4 is 10.1 Å². The average Bonchev–Trinajstić information content (AvgIpc) is 3.19. The molecule has 3 rings (SSSR count). The molecule has 5 heteroatoms. The number of rotatable bonds is 7. The lowest BCUT2D eigenvalue weighted by molar-refractivity contribution is 0.0879. The van der Waals surface area contributed by atoms with Crippen LogP contribution in [0.3, 0.4) is 0 Å². The Bertz CT molecular complexity index is 742. The molecular formula is C21H26N2O3. The molecule has 1 aliphatic rings. The number of likely N-dealkylation sites (tertiary alicyclic amines) is 1. The van der Waals surface area contributed by atoms with Crippen molar-refractivity contribution in [3.8, 4) is 16.9 Å². The fraction of sp³-hybridized carbons (Fsp3) is 0.381. The van der Waals surface area contributed by atoms with Gasteiger partial charge in [0.2, 0.25) is 0 Å². The third-order valence-electron chi connectivity index (χ3n) is 4.69. The molecule has 0 bridgehead atoms. The summed E-state index contributed by atoms with van der Waals surface area (Å²) in [5.41, 5.74) is 2.53. The molecule has 1 aliphatic heterocycles. The van der Waals surface area contributed by atoms with E-state index in [0.29, 0.717) is 12.1 Å². The van der Waals surface area contributed by atoms with Crippen LogP contribution in [0.4, 0.5) is 0 Å². The van der Waals surface area contributed by atoms with Crippen LogP contribution >= 0.6 is 0 Å². The van der Waals surface area contributed by atoms with E-state index in [1.54, 1.807) is 13.2 Å². The summed E-state index contributed by atoms with van der Waals surface area (Å²) in [5.74, 6) is 0.609. The van der Waals surface area contributed by atoms with Crippen LogP contribution in [-0.2, 0) is 0 Å². The second-order valence-corrected chi connectivity index (χ2v) is 6.68. The second kappa shape index (κ2) is 8.83. The van der Waals surface area contributed by atoms with Crippen molar-refractivity contribution in [1.82, 2.24) is 10.2 Å². The number of hydrogen-bond acceptors (Lipinski definition) is 4. The molecule has 0 radical (unpaired) electrons. The molecule has 2 aromatic rings. The zero-order valence-electron chi connectivity index (χ0n) is 15.1. The van der Waals surface area contributed by atoms with Crippen molar-refractivity contribution >= 4 is 5.91 Å². The van der Waals surface area contributed by atoms with E-state index in [1.165, 1.54) is 12.8 Å². The summed E-state index contributed by atoms with van der Waals surface area (Å²) >= 11 is 0. The highest BCUT2D eigenvalue weighted by molar-refractivity contribution is 5.95. The molecule has 0 unspecified atom stereocenters. The number of amides is 1. The normalized spacial score (nSPS) is 15.6. The topological polar surface area (TPSA) is 61.8 Å². The van der Waals surface area contributed by atoms with Gasteiger partial charge < -0.3 is 20.1 Å². The second-order valence-electron chi connectivity index (χ2n) is 6.68. The lowest BCUT2D eigenvalue weighted by Gasteiger charge is -2.19. The third kappa shape index (κ3) is 4.84. The first-order chi connectivity index (χ1) is 12.7. The van der Waals surface area contributed by atoms with Gasteiger partial charge in [0.25, 0.3) is 5.91 Å². The Morgan fingerprint density at radius 1 is 1.15 bits per heavy atom. The minimum Gasteiger partial charge on any atom is -0.497 e. The Balaban J connectivity index is 1.60. The first-order valence-electron chi connectivity index (χ1n) is 9.09. The number of aliphatic hydroxyl groups is 1. The highest BCUT2D eigenvalue weighted by Gasteiger charge is 2.16. The number of carbonyl (C=O) groups is 1. The van der Waals surface area contributed by atoms with E-state index in [9.17, 15) is 9.90 Å². The molecule has 1 fully saturated rings. The molecule has 1 amide bonds. The summed E-state index contributed by atoms with van der Waals surface area (Å²) in [6, 6.07) is 15.2. The summed E-state index contributed by atoms with van der Waals surface area (Å²) < 4.78 is 5.26. The van der Waals surface area contributed by atoms with Crippen LogP contribution in [0.25, 0.3) is 11.1 Å². The van der Waals surface area contributed by atoms with Gasteiger partial charge in [-0.05, 0) is 61.3 Å². The summed E-state index contributed by atoms with van der Waals surface area (Å²) in [6.45, 7) is 2.95. The van der Waals surface area contributed by atoms with E-state index in [0.717, 1.165) is 30.0 Å². The van der Waals surface area contributed by atoms with E-state index >= 15 is 0 Å². The van der Waals surface area contributed by atoms with E-state index in [1.807, 2.05) is 42.5 Å². The van der Waals surface area contributed by atoms with Crippen LogP contribution in [0.2, 0.25) is 0 Å². The number of nitrogens with zero attached hydrogens (tertiary/aromatic N) is 1. The van der Waals surface area contributed by atoms with Gasteiger partial charge in [-0.2, -0.15) is 0 Å². The van der Waals surface area contributed by atoms with Gasteiger partial charge in [0.05, 0.1) is 13.2 Å². The average molecular weight is 354 g/mol. The van der Waals surface area contributed by atoms with E-state index in [4.69, 9.17) is 4.74 Å². The van der Waals surface area contributed by atoms with Crippen molar-refractivity contribution in [1.29, 1.82) is 0 Å². The van der Waals surface area contributed by atoms with Crippen molar-refractivity contribution in [3.63, 3.8) is 0 Å². The number of methoxy groups -OCH3 is 1. The zero-order chi connectivity index (χ0) is 18.4. The number of aliphatic hydroxyl groups excluding tert-OH is 1. The monoisotopic (exact) mass is 354 g/mol. The van der Waals surface area contributed by atoms with Crippen molar-refractivity contribution in [2.24, 2.45) is 0 Å². The SMILES string of the molecule is COc1cccc(-c2cccc(C(=O)NC[C@H](O)CN3CCCC3)c2)c1. The van der Waals surface area contributed by atoms with Crippen LogP contribution in [0, 0.1) is 0 Å². The van der Waals surface area contributed by atoms with Gasteiger partial charge in [0, 0.05) is 18.7 Å². The number of hydrogen-bond donors (Lipinski definition) is 2. The molecule has 2 N–H and O–H groups in total. The predicted molar refractivity (Wildman–Crippen MR) is 102 cm³/mol. The summed E-state index contributed by atoms with van der Waals surface area (Å²) in [5, 5.41) is 13.0. The van der Waals surface area contributed by atoms with E-state index < -0.39 is 6.10 Å². The van der Waals surface area contributed by atoms with Crippen molar-refractivity contribution < 1.29 is 14.6 Å². The number of carbonyl (C=O) groups excluding carboxylic acids is 1. The minimum absolute atomic E-state index is 0.171. The zero-order valence-corrected chi connectivity index (χ0v) is 15.1. The highest BCUT2D eigenvalue weighted by atomic mass is 16.5. The van der Waals surface area contributed by atoms with Crippen LogP contribution in [0.1, 0.15) is 23.2 Å². The molecule has 0 aromatic heterocycles. The van der Waals surface area contributed by atoms with Gasteiger partial charge >= 0.3 is 0 Å². The van der Waals surface area contributed by atoms with Gasteiger partial charge in [-0.1, -0.05) is 24.3 Å². The molecule has 1 saturated heterocycles. The predicted octanol–water partition coefficient (Wildman–Crippen LogP) is 2.55. The minimum atomic E-state index is -0.543. The van der Waals surface area contributed by atoms with E-state index in [2.05, 4.69) is 10.2 Å². The van der Waals surface area contributed by atoms with Crippen molar-refractivity contribution in [2.75, 3.05) is 33.3 Å². The highest BCUT2D eigenvalue weighted by Crippen LogP contribution is 2.24. The molecule has 1 heterocycles. The van der Waals surface area contributed by atoms with Gasteiger partial charge in [0.15, 0.2) is 0 Å². The molecule has 138 valence electrons. The standard InChI is InChI=1S/C21H26N2O3/c1-26-20-9-5-7-17(13-20)16-6-4-8-18(12-16)21(25)22-14-19(24)15-23-10-2-3-11-23/h4-9,12-13,19,24H,2-3,10-11,14-15H2,1H3,(H,22,25)/t19-/m0/s1. The summed E-state index contributed by atoms with van der Waals surface area (Å²) in [6.07, 6.45) is 1.84. The number of nitrogens with one attached hydrogen (secondary N) is 1. The maximum absolute atomic E-state index is 12.4. The molecular weight excluding hydrogens is 328 g/mol. The molecule has 0 saturated carbocycles. The van der Waals surface area contributed by atoms with Crippen LogP contribution in [-0.4, -0.2) is 55.3 Å². The lowest BCUT2D eigenvalue weighted by atomic mass is 10.0. The van der Waals surface area contributed by atoms with Crippen LogP contribution in [0.15, 0.2) is 48.5 Å². The number of ether oxygens (including phenoxy) is 1. The fourth-order valence-electron chi connectivity index (χ4n) is 3.28. The Kier molecular flexibility index (Phi) is 6.26. The first kappa shape index (κ1) is 18.4. The first-order valence-corrected chi connectivity index (χ1v) is 9.09. The fourth-order valence-corrected chi connectivity index (χ4v) is 3.28. The molecule has 2 aromatic carbocycles. The van der Waals surface area contributed by atoms with Crippen molar-refractivity contribution in [3.05, 3.63) is 54.1 Å². The van der Waals surface area contributed by atoms with Crippen LogP contribution in [0.5, 0.6) is 5.75 Å². The van der Waals surface area contributed by atoms with Gasteiger partial charge in [-0.15, -0.1) is 0 Å². The summed E-state index contributed by atoms with van der Waals surface area (Å²) in [4.78, 5) is 14.7. The Labute approximate surface area is 154 Å². The molecule has 0 aliphatic carbocycles. The van der Waals surface area contributed by atoms with Gasteiger partial charge in [0.1, 0.15) is 5.75 Å². The molecule has 0 spiro atoms. The number of β-amino-alcohol motifs (C(OH)–C–C–N with tert-alkyl or cyclic N) is 1. The molecule has 1 atom stereocenters. The quantitative estimate of drug-likeness (QED) is 0.802. The smallest absolute Gasteiger partial charge is 0.251 e. The Morgan fingerprint density at radius 2 is 1.85 bits per heavy atom. The maximum atomic E-state index is 12.4. The van der Waals surface area contributed by atoms with Gasteiger partial charge in [-0.3, -0.25) is 4.79 Å². The molecule has 26 heavy (non-hydrogen) atoms. The number of benzene rings is 2. The Hall–Kier alpha value is -2.37. The largest absolute Gasteiger partial charge is 0.497 e. The molecule has 5 nitrogen and oxygen atoms in total. The maximum Gasteiger partial charge on any atom is 0.251 e. The van der Waals surface area contributed by atoms with Crippen molar-refractivity contribution in [2.45, 2.75) is 18.9 Å². The Morgan fingerprint density at radius 3 is 2.58 bits per heavy atom.